The number of aromatic nitrogens is 2. The zero-order valence-electron chi connectivity index (χ0n) is 10.7. The first-order valence-corrected chi connectivity index (χ1v) is 6.43. The van der Waals surface area contributed by atoms with Gasteiger partial charge in [-0.05, 0) is 25.7 Å². The van der Waals surface area contributed by atoms with Crippen LogP contribution in [-0.4, -0.2) is 28.2 Å². The van der Waals surface area contributed by atoms with Crippen LogP contribution in [0.5, 0.6) is 0 Å². The first-order valence-electron chi connectivity index (χ1n) is 6.43. The normalized spacial score (nSPS) is 20.6. The van der Waals surface area contributed by atoms with E-state index >= 15 is 0 Å². The summed E-state index contributed by atoms with van der Waals surface area (Å²) in [6.07, 6.45) is 5.51. The highest BCUT2D eigenvalue weighted by Gasteiger charge is 2.20. The molecule has 1 aliphatic rings. The van der Waals surface area contributed by atoms with Gasteiger partial charge in [0, 0.05) is 30.5 Å². The van der Waals surface area contributed by atoms with Gasteiger partial charge in [-0.2, -0.15) is 0 Å². The zero-order valence-corrected chi connectivity index (χ0v) is 10.7. The van der Waals surface area contributed by atoms with E-state index in [1.165, 1.54) is 19.3 Å². The third-order valence-electron chi connectivity index (χ3n) is 3.62. The number of hydrogen-bond donors (Lipinski definition) is 1. The molecule has 4 nitrogen and oxygen atoms in total. The highest BCUT2D eigenvalue weighted by molar-refractivity contribution is 5.33. The van der Waals surface area contributed by atoms with E-state index < -0.39 is 0 Å². The van der Waals surface area contributed by atoms with E-state index in [1.54, 1.807) is 6.20 Å². The second-order valence-electron chi connectivity index (χ2n) is 4.80. The van der Waals surface area contributed by atoms with Crippen molar-refractivity contribution in [2.45, 2.75) is 39.7 Å². The Balaban J connectivity index is 2.13. The molecule has 0 bridgehead atoms. The molecule has 0 spiro atoms. The maximum Gasteiger partial charge on any atom is 0.225 e. The maximum atomic E-state index is 9.11. The Morgan fingerprint density at radius 2 is 2.35 bits per heavy atom. The number of piperidine rings is 1. The lowest BCUT2D eigenvalue weighted by atomic mass is 9.96. The summed E-state index contributed by atoms with van der Waals surface area (Å²) in [5, 5.41) is 9.11. The molecule has 94 valence electrons. The Morgan fingerprint density at radius 3 is 3.00 bits per heavy atom. The van der Waals surface area contributed by atoms with Gasteiger partial charge < -0.3 is 10.0 Å². The van der Waals surface area contributed by atoms with Crippen LogP contribution < -0.4 is 4.90 Å². The number of nitrogens with zero attached hydrogens (tertiary/aromatic N) is 3. The highest BCUT2D eigenvalue weighted by atomic mass is 16.3. The standard InChI is InChI=1S/C13H21N3O/c1-3-11-5-4-6-16(8-11)13-14-7-12(9-17)10(2)15-13/h7,11,17H,3-6,8-9H2,1-2H3. The van der Waals surface area contributed by atoms with Crippen molar-refractivity contribution in [1.29, 1.82) is 0 Å². The molecule has 2 heterocycles. The Bertz CT molecular complexity index is 381. The Hall–Kier alpha value is -1.16. The number of aryl methyl sites for hydroxylation is 1. The molecular formula is C13H21N3O. The number of hydrogen-bond acceptors (Lipinski definition) is 4. The lowest BCUT2D eigenvalue weighted by molar-refractivity contribution is 0.280. The summed E-state index contributed by atoms with van der Waals surface area (Å²) >= 11 is 0. The molecule has 1 atom stereocenters. The van der Waals surface area contributed by atoms with E-state index in [9.17, 15) is 0 Å². The molecule has 0 amide bonds. The van der Waals surface area contributed by atoms with E-state index in [2.05, 4.69) is 21.8 Å². The summed E-state index contributed by atoms with van der Waals surface area (Å²) in [6, 6.07) is 0. The van der Waals surface area contributed by atoms with Gasteiger partial charge in [0.15, 0.2) is 0 Å². The molecule has 17 heavy (non-hydrogen) atoms. The minimum atomic E-state index is 0.0176. The smallest absolute Gasteiger partial charge is 0.225 e. The quantitative estimate of drug-likeness (QED) is 0.869. The molecule has 0 radical (unpaired) electrons. The van der Waals surface area contributed by atoms with Crippen molar-refractivity contribution in [2.75, 3.05) is 18.0 Å². The first kappa shape index (κ1) is 12.3. The molecular weight excluding hydrogens is 214 g/mol. The van der Waals surface area contributed by atoms with Gasteiger partial charge in [-0.25, -0.2) is 9.97 Å². The summed E-state index contributed by atoms with van der Waals surface area (Å²) in [5.74, 6) is 1.59. The van der Waals surface area contributed by atoms with E-state index in [1.807, 2.05) is 6.92 Å². The van der Waals surface area contributed by atoms with Crippen molar-refractivity contribution in [3.63, 3.8) is 0 Å². The van der Waals surface area contributed by atoms with Gasteiger partial charge in [0.2, 0.25) is 5.95 Å². The number of rotatable bonds is 3. The monoisotopic (exact) mass is 235 g/mol. The molecule has 0 saturated carbocycles. The second kappa shape index (κ2) is 5.45. The fourth-order valence-corrected chi connectivity index (χ4v) is 2.37. The molecule has 1 N–H and O–H groups in total. The minimum Gasteiger partial charge on any atom is -0.392 e. The summed E-state index contributed by atoms with van der Waals surface area (Å²) in [7, 11) is 0. The van der Waals surface area contributed by atoms with Gasteiger partial charge in [-0.1, -0.05) is 13.3 Å². The summed E-state index contributed by atoms with van der Waals surface area (Å²) < 4.78 is 0. The molecule has 4 heteroatoms. The van der Waals surface area contributed by atoms with E-state index in [0.29, 0.717) is 0 Å². The van der Waals surface area contributed by atoms with Crippen LogP contribution in [0.2, 0.25) is 0 Å². The van der Waals surface area contributed by atoms with Crippen LogP contribution >= 0.6 is 0 Å². The lowest BCUT2D eigenvalue weighted by Gasteiger charge is -2.32. The van der Waals surface area contributed by atoms with Crippen molar-refractivity contribution in [3.05, 3.63) is 17.5 Å². The molecule has 1 aromatic rings. The van der Waals surface area contributed by atoms with Crippen LogP contribution in [0, 0.1) is 12.8 Å². The fraction of sp³-hybridized carbons (Fsp3) is 0.692. The van der Waals surface area contributed by atoms with E-state index in [-0.39, 0.29) is 6.61 Å². The molecule has 1 aromatic heterocycles. The third kappa shape index (κ3) is 2.75. The van der Waals surface area contributed by atoms with Gasteiger partial charge in [0.25, 0.3) is 0 Å². The predicted octanol–water partition coefficient (Wildman–Crippen LogP) is 1.90. The van der Waals surface area contributed by atoms with Crippen LogP contribution in [0.1, 0.15) is 37.4 Å². The highest BCUT2D eigenvalue weighted by Crippen LogP contribution is 2.22. The van der Waals surface area contributed by atoms with Crippen LogP contribution in [0.4, 0.5) is 5.95 Å². The maximum absolute atomic E-state index is 9.11. The minimum absolute atomic E-state index is 0.0176. The van der Waals surface area contributed by atoms with Crippen molar-refractivity contribution in [3.8, 4) is 0 Å². The van der Waals surface area contributed by atoms with Crippen molar-refractivity contribution in [1.82, 2.24) is 9.97 Å². The molecule has 1 fully saturated rings. The van der Waals surface area contributed by atoms with Crippen LogP contribution in [0.25, 0.3) is 0 Å². The number of anilines is 1. The number of aliphatic hydroxyl groups excluding tert-OH is 1. The number of aliphatic hydroxyl groups is 1. The molecule has 2 rings (SSSR count). The van der Waals surface area contributed by atoms with Gasteiger partial charge in [0.05, 0.1) is 6.61 Å². The van der Waals surface area contributed by atoms with Gasteiger partial charge in [0.1, 0.15) is 0 Å². The summed E-state index contributed by atoms with van der Waals surface area (Å²) in [4.78, 5) is 11.1. The molecule has 0 aliphatic carbocycles. The van der Waals surface area contributed by atoms with Gasteiger partial charge >= 0.3 is 0 Å². The Morgan fingerprint density at radius 1 is 1.53 bits per heavy atom. The topological polar surface area (TPSA) is 49.2 Å². The van der Waals surface area contributed by atoms with Crippen LogP contribution in [-0.2, 0) is 6.61 Å². The van der Waals surface area contributed by atoms with E-state index in [4.69, 9.17) is 5.11 Å². The molecule has 1 saturated heterocycles. The third-order valence-corrected chi connectivity index (χ3v) is 3.62. The van der Waals surface area contributed by atoms with Gasteiger partial charge in [-0.3, -0.25) is 0 Å². The summed E-state index contributed by atoms with van der Waals surface area (Å²) in [5.41, 5.74) is 1.70. The Kier molecular flexibility index (Phi) is 3.94. The zero-order chi connectivity index (χ0) is 12.3. The first-order chi connectivity index (χ1) is 8.24. The Labute approximate surface area is 103 Å². The lowest BCUT2D eigenvalue weighted by Crippen LogP contribution is -2.36. The molecule has 1 unspecified atom stereocenters. The van der Waals surface area contributed by atoms with E-state index in [0.717, 1.165) is 36.2 Å². The van der Waals surface area contributed by atoms with Crippen LogP contribution in [0.15, 0.2) is 6.20 Å². The fourth-order valence-electron chi connectivity index (χ4n) is 2.37. The van der Waals surface area contributed by atoms with Crippen molar-refractivity contribution in [2.24, 2.45) is 5.92 Å². The summed E-state index contributed by atoms with van der Waals surface area (Å²) in [6.45, 7) is 6.31. The average molecular weight is 235 g/mol. The second-order valence-corrected chi connectivity index (χ2v) is 4.80. The largest absolute Gasteiger partial charge is 0.392 e. The van der Waals surface area contributed by atoms with Crippen LogP contribution in [0.3, 0.4) is 0 Å². The molecule has 1 aliphatic heterocycles. The SMILES string of the molecule is CCC1CCCN(c2ncc(CO)c(C)n2)C1. The average Bonchev–Trinajstić information content (AvgIpc) is 2.38. The molecule has 0 aromatic carbocycles. The van der Waals surface area contributed by atoms with Gasteiger partial charge in [-0.15, -0.1) is 0 Å². The van der Waals surface area contributed by atoms with Crippen molar-refractivity contribution < 1.29 is 5.11 Å². The van der Waals surface area contributed by atoms with Crippen molar-refractivity contribution >= 4 is 5.95 Å². The predicted molar refractivity (Wildman–Crippen MR) is 67.9 cm³/mol.